The fourth-order valence-corrected chi connectivity index (χ4v) is 3.30. The zero-order valence-corrected chi connectivity index (χ0v) is 17.7. The molecule has 1 amide bonds. The fraction of sp³-hybridized carbons (Fsp3) is 0.381. The molecule has 0 unspecified atom stereocenters. The molecular weight excluding hydrogens is 411 g/mol. The molecule has 31 heavy (non-hydrogen) atoms. The lowest BCUT2D eigenvalue weighted by atomic mass is 10.0. The van der Waals surface area contributed by atoms with E-state index < -0.39 is 18.6 Å². The zero-order valence-electron chi connectivity index (χ0n) is 17.7. The van der Waals surface area contributed by atoms with Gasteiger partial charge < -0.3 is 15.0 Å². The maximum atomic E-state index is 12.7. The molecule has 2 heterocycles. The van der Waals surface area contributed by atoms with Gasteiger partial charge in [0.25, 0.3) is 5.91 Å². The smallest absolute Gasteiger partial charge is 0.406 e. The minimum Gasteiger partial charge on any atom is -0.494 e. The molecule has 0 fully saturated rings. The van der Waals surface area contributed by atoms with Crippen molar-refractivity contribution < 1.29 is 23.1 Å². The van der Waals surface area contributed by atoms with Crippen LogP contribution in [0.5, 0.6) is 5.88 Å². The molecule has 3 aromatic rings. The first-order valence-electron chi connectivity index (χ1n) is 9.79. The lowest BCUT2D eigenvalue weighted by Gasteiger charge is -2.19. The van der Waals surface area contributed by atoms with Crippen LogP contribution in [-0.2, 0) is 0 Å². The first-order chi connectivity index (χ1) is 14.5. The van der Waals surface area contributed by atoms with E-state index in [9.17, 15) is 23.1 Å². The average Bonchev–Trinajstić information content (AvgIpc) is 3.27. The van der Waals surface area contributed by atoms with Crippen LogP contribution in [0.25, 0.3) is 10.9 Å². The van der Waals surface area contributed by atoms with Gasteiger partial charge in [0.05, 0.1) is 23.7 Å². The van der Waals surface area contributed by atoms with Crippen LogP contribution < -0.4 is 0 Å². The number of hydrogen-bond donors (Lipinski definition) is 2. The lowest BCUT2D eigenvalue weighted by Crippen LogP contribution is -2.35. The summed E-state index contributed by atoms with van der Waals surface area (Å²) in [5.74, 6) is -0.890. The summed E-state index contributed by atoms with van der Waals surface area (Å²) >= 11 is 0. The van der Waals surface area contributed by atoms with E-state index in [1.165, 1.54) is 12.1 Å². The molecule has 10 heteroatoms. The highest BCUT2D eigenvalue weighted by Crippen LogP contribution is 2.31. The topological polar surface area (TPSA) is 86.5 Å². The normalized spacial score (nSPS) is 12.7. The second-order valence-electron chi connectivity index (χ2n) is 7.57. The van der Waals surface area contributed by atoms with Crippen molar-refractivity contribution in [3.8, 4) is 5.88 Å². The molecular formula is C21H24F3N5O2. The molecule has 0 atom stereocenters. The van der Waals surface area contributed by atoms with Crippen LogP contribution >= 0.6 is 0 Å². The molecule has 2 N–H and O–H groups in total. The zero-order chi connectivity index (χ0) is 22.9. The van der Waals surface area contributed by atoms with E-state index in [0.717, 1.165) is 7.05 Å². The van der Waals surface area contributed by atoms with Gasteiger partial charge in [0.1, 0.15) is 12.2 Å². The number of carbonyl (C=O) groups excluding carboxylic acids is 1. The number of H-pyrrole nitrogens is 1. The summed E-state index contributed by atoms with van der Waals surface area (Å²) < 4.78 is 39.7. The van der Waals surface area contributed by atoms with Gasteiger partial charge in [-0.25, -0.2) is 4.99 Å². The highest BCUT2D eigenvalue weighted by atomic mass is 19.4. The van der Waals surface area contributed by atoms with Crippen molar-refractivity contribution in [3.05, 3.63) is 41.7 Å². The van der Waals surface area contributed by atoms with E-state index in [4.69, 9.17) is 0 Å². The molecule has 0 bridgehead atoms. The second-order valence-corrected chi connectivity index (χ2v) is 7.57. The molecule has 0 saturated carbocycles. The third-order valence-corrected chi connectivity index (χ3v) is 4.79. The van der Waals surface area contributed by atoms with E-state index in [-0.39, 0.29) is 17.5 Å². The number of halogens is 3. The lowest BCUT2D eigenvalue weighted by molar-refractivity contribution is -0.138. The standard InChI is InChI=1S/C21H24F3N5O2/c1-5-16(26-14-9-25-29(10-14)12(2)3)18-15-8-13(6-7-17(15)27-19(18)30)20(31)28(4)11-21(22,23)24/h6-10,12,27,30H,5,11H2,1-4H3. The molecule has 2 aromatic heterocycles. The van der Waals surface area contributed by atoms with Gasteiger partial charge >= 0.3 is 6.18 Å². The molecule has 0 aliphatic rings. The summed E-state index contributed by atoms with van der Waals surface area (Å²) in [6.45, 7) is 4.49. The SMILES string of the molecule is CCC(=Nc1cnn(C(C)C)c1)c1c(O)[nH]c2ccc(C(=O)N(C)CC(F)(F)F)cc12. The Labute approximate surface area is 177 Å². The van der Waals surface area contributed by atoms with Gasteiger partial charge in [-0.15, -0.1) is 0 Å². The van der Waals surface area contributed by atoms with E-state index in [2.05, 4.69) is 15.1 Å². The van der Waals surface area contributed by atoms with Crippen molar-refractivity contribution in [1.82, 2.24) is 19.7 Å². The maximum Gasteiger partial charge on any atom is 0.406 e. The van der Waals surface area contributed by atoms with Crippen molar-refractivity contribution in [3.63, 3.8) is 0 Å². The number of nitrogens with one attached hydrogen (secondary N) is 1. The summed E-state index contributed by atoms with van der Waals surface area (Å²) in [5.41, 5.74) is 2.20. The second kappa shape index (κ2) is 8.44. The van der Waals surface area contributed by atoms with Crippen molar-refractivity contribution in [1.29, 1.82) is 0 Å². The van der Waals surface area contributed by atoms with E-state index >= 15 is 0 Å². The fourth-order valence-electron chi connectivity index (χ4n) is 3.30. The summed E-state index contributed by atoms with van der Waals surface area (Å²) in [5, 5.41) is 15.3. The van der Waals surface area contributed by atoms with Gasteiger partial charge in [0, 0.05) is 29.6 Å². The number of fused-ring (bicyclic) bond motifs is 1. The van der Waals surface area contributed by atoms with Crippen molar-refractivity contribution >= 4 is 28.2 Å². The van der Waals surface area contributed by atoms with Crippen LogP contribution in [-0.4, -0.2) is 56.2 Å². The number of aromatic nitrogens is 3. The number of aliphatic imine (C=N–C) groups is 1. The molecule has 0 aliphatic heterocycles. The number of alkyl halides is 3. The molecule has 3 rings (SSSR count). The van der Waals surface area contributed by atoms with Crippen LogP contribution in [0.2, 0.25) is 0 Å². The Kier molecular flexibility index (Phi) is 6.10. The highest BCUT2D eigenvalue weighted by molar-refractivity contribution is 6.14. The predicted molar refractivity (Wildman–Crippen MR) is 112 cm³/mol. The van der Waals surface area contributed by atoms with Gasteiger partial charge in [0.2, 0.25) is 0 Å². The third kappa shape index (κ3) is 4.89. The van der Waals surface area contributed by atoms with Gasteiger partial charge in [-0.3, -0.25) is 9.48 Å². The Hall–Kier alpha value is -3.30. The number of benzene rings is 1. The number of aromatic hydroxyl groups is 1. The van der Waals surface area contributed by atoms with Crippen LogP contribution in [0.3, 0.4) is 0 Å². The first-order valence-corrected chi connectivity index (χ1v) is 9.79. The quantitative estimate of drug-likeness (QED) is 0.545. The van der Waals surface area contributed by atoms with Gasteiger partial charge in [-0.2, -0.15) is 18.3 Å². The monoisotopic (exact) mass is 435 g/mol. The number of carbonyl (C=O) groups is 1. The Balaban J connectivity index is 2.03. The highest BCUT2D eigenvalue weighted by Gasteiger charge is 2.31. The molecule has 166 valence electrons. The van der Waals surface area contributed by atoms with Gasteiger partial charge in [-0.1, -0.05) is 6.92 Å². The Morgan fingerprint density at radius 1 is 1.35 bits per heavy atom. The largest absolute Gasteiger partial charge is 0.494 e. The summed E-state index contributed by atoms with van der Waals surface area (Å²) in [6.07, 6.45) is -0.621. The van der Waals surface area contributed by atoms with Crippen LogP contribution in [0, 0.1) is 0 Å². The van der Waals surface area contributed by atoms with Crippen LogP contribution in [0.1, 0.15) is 49.2 Å². The molecule has 0 aliphatic carbocycles. The molecule has 1 aromatic carbocycles. The van der Waals surface area contributed by atoms with Gasteiger partial charge in [-0.05, 0) is 38.5 Å². The van der Waals surface area contributed by atoms with Crippen LogP contribution in [0.4, 0.5) is 18.9 Å². The Morgan fingerprint density at radius 2 is 2.06 bits per heavy atom. The number of hydrogen-bond acceptors (Lipinski definition) is 4. The number of rotatable bonds is 6. The maximum absolute atomic E-state index is 12.7. The minimum absolute atomic E-state index is 0.0857. The average molecular weight is 435 g/mol. The Morgan fingerprint density at radius 3 is 2.65 bits per heavy atom. The molecule has 0 spiro atoms. The predicted octanol–water partition coefficient (Wildman–Crippen LogP) is 4.82. The number of nitrogens with zero attached hydrogens (tertiary/aromatic N) is 4. The van der Waals surface area contributed by atoms with Crippen molar-refractivity contribution in [2.24, 2.45) is 4.99 Å². The number of amides is 1. The summed E-state index contributed by atoms with van der Waals surface area (Å²) in [4.78, 5) is 20.5. The van der Waals surface area contributed by atoms with Crippen molar-refractivity contribution in [2.45, 2.75) is 39.4 Å². The minimum atomic E-state index is -4.49. The molecule has 7 nitrogen and oxygen atoms in total. The van der Waals surface area contributed by atoms with E-state index in [1.807, 2.05) is 20.8 Å². The third-order valence-electron chi connectivity index (χ3n) is 4.79. The van der Waals surface area contributed by atoms with Crippen molar-refractivity contribution in [2.75, 3.05) is 13.6 Å². The van der Waals surface area contributed by atoms with Gasteiger partial charge in [0.15, 0.2) is 5.88 Å². The van der Waals surface area contributed by atoms with E-state index in [0.29, 0.717) is 39.2 Å². The number of aromatic amines is 1. The summed E-state index contributed by atoms with van der Waals surface area (Å²) in [7, 11) is 1.10. The first kappa shape index (κ1) is 22.4. The van der Waals surface area contributed by atoms with Crippen LogP contribution in [0.15, 0.2) is 35.6 Å². The molecule has 0 radical (unpaired) electrons. The van der Waals surface area contributed by atoms with E-state index in [1.54, 1.807) is 23.1 Å². The Bertz CT molecular complexity index is 1130. The summed E-state index contributed by atoms with van der Waals surface area (Å²) in [6, 6.07) is 4.61. The molecule has 0 saturated heterocycles.